The number of fused-ring (bicyclic) bond motifs is 3. The first-order valence-electron chi connectivity index (χ1n) is 25.0. The molecule has 6 heterocycles. The molecule has 4 fully saturated rings. The quantitative estimate of drug-likeness (QED) is 0.117. The number of rotatable bonds is 13. The monoisotopic (exact) mass is 979 g/mol. The number of piperidine rings is 2. The maximum absolute atomic E-state index is 14.2. The van der Waals surface area contributed by atoms with Crippen LogP contribution in [0, 0.1) is 6.92 Å². The van der Waals surface area contributed by atoms with Crippen molar-refractivity contribution >= 4 is 54.6 Å². The van der Waals surface area contributed by atoms with E-state index in [-0.39, 0.29) is 23.1 Å². The molecule has 15 nitrogen and oxygen atoms in total. The van der Waals surface area contributed by atoms with Crippen molar-refractivity contribution in [2.45, 2.75) is 106 Å². The Bertz CT molecular complexity index is 3310. The molecule has 7 aromatic rings. The Labute approximate surface area is 413 Å². The Morgan fingerprint density at radius 2 is 1.63 bits per heavy atom. The molecule has 1 aliphatic carbocycles. The number of likely N-dealkylation sites (tertiary alicyclic amines) is 1. The molecule has 0 spiro atoms. The van der Waals surface area contributed by atoms with Gasteiger partial charge in [0.05, 0.1) is 28.8 Å². The summed E-state index contributed by atoms with van der Waals surface area (Å²) in [6, 6.07) is 29.4. The first kappa shape index (κ1) is 47.2. The van der Waals surface area contributed by atoms with Gasteiger partial charge in [0.15, 0.2) is 11.9 Å². The van der Waals surface area contributed by atoms with Gasteiger partial charge in [0.2, 0.25) is 5.95 Å². The number of ether oxygens (including phenoxy) is 4. The maximum atomic E-state index is 14.2. The van der Waals surface area contributed by atoms with Gasteiger partial charge in [0.25, 0.3) is 15.6 Å². The van der Waals surface area contributed by atoms with Crippen molar-refractivity contribution in [2.75, 3.05) is 44.3 Å². The predicted octanol–water partition coefficient (Wildman–Crippen LogP) is 8.53. The Kier molecular flexibility index (Phi) is 12.5. The summed E-state index contributed by atoms with van der Waals surface area (Å²) in [6.45, 7) is 7.71. The third kappa shape index (κ3) is 9.09. The maximum Gasteiger partial charge on any atom is 0.405 e. The van der Waals surface area contributed by atoms with Gasteiger partial charge in [0, 0.05) is 80.2 Å². The van der Waals surface area contributed by atoms with Gasteiger partial charge >= 0.3 is 6.09 Å². The fourth-order valence-corrected chi connectivity index (χ4v) is 12.3. The number of nitrogens with two attached hydrogens (primary N) is 1. The van der Waals surface area contributed by atoms with E-state index in [4.69, 9.17) is 34.6 Å². The molecule has 0 bridgehead atoms. The number of carbonyl (C=O) groups excluding carboxylic acids is 1. The van der Waals surface area contributed by atoms with Gasteiger partial charge < -0.3 is 34.1 Å². The van der Waals surface area contributed by atoms with Gasteiger partial charge in [-0.25, -0.2) is 27.2 Å². The van der Waals surface area contributed by atoms with Gasteiger partial charge in [-0.05, 0) is 118 Å². The summed E-state index contributed by atoms with van der Waals surface area (Å²) < 4.78 is 57.1. The number of pyridine rings is 1. The summed E-state index contributed by atoms with van der Waals surface area (Å²) in [6.07, 6.45) is 9.82. The standard InChI is InChI=1S/C55H61N7O8S/c1-36-14-19-41(20-15-36)71(65,66)62-29-24-43-45(34-59(3)51(63)49(43)62)38-16-21-47-44(33-38)50(58-53(57-47)61-27-22-39(23-28-61)60-30-25-54(2,26-31-60)70-52(56)64)55(69-40-17-18-40,35-68-48-13-6-7-32-67-48)46-12-8-10-37-9-4-5-11-42(37)46/h4-5,8-12,14-16,19-21,24,29,33-34,39-40,48H,6-7,13,17-18,22-23,25-28,30-32,35H2,1-3H3,(H2,56,64). The van der Waals surface area contributed by atoms with E-state index in [9.17, 15) is 18.0 Å². The van der Waals surface area contributed by atoms with Crippen molar-refractivity contribution in [3.63, 3.8) is 0 Å². The van der Waals surface area contributed by atoms with Crippen LogP contribution in [0.2, 0.25) is 0 Å². The van der Waals surface area contributed by atoms with Gasteiger partial charge in [-0.2, -0.15) is 0 Å². The number of hydrogen-bond acceptors (Lipinski definition) is 12. The van der Waals surface area contributed by atoms with Crippen LogP contribution in [0.15, 0.2) is 113 Å². The number of nitrogens with zero attached hydrogens (tertiary/aromatic N) is 6. The van der Waals surface area contributed by atoms with Crippen LogP contribution in [0.3, 0.4) is 0 Å². The molecule has 2 atom stereocenters. The lowest BCUT2D eigenvalue weighted by molar-refractivity contribution is -0.197. The average Bonchev–Trinajstić information content (AvgIpc) is 4.08. The second kappa shape index (κ2) is 18.8. The number of amides is 1. The van der Waals surface area contributed by atoms with Crippen LogP contribution in [0.5, 0.6) is 0 Å². The normalized spacial score (nSPS) is 20.1. The zero-order chi connectivity index (χ0) is 49.1. The first-order valence-corrected chi connectivity index (χ1v) is 26.4. The summed E-state index contributed by atoms with van der Waals surface area (Å²) in [7, 11) is -2.48. The lowest BCUT2D eigenvalue weighted by atomic mass is 9.84. The molecule has 4 aromatic carbocycles. The van der Waals surface area contributed by atoms with E-state index in [2.05, 4.69) is 46.2 Å². The Hall–Kier alpha value is -6.17. The third-order valence-electron chi connectivity index (χ3n) is 15.1. The number of aromatic nitrogens is 4. The van der Waals surface area contributed by atoms with E-state index in [1.165, 1.54) is 10.8 Å². The van der Waals surface area contributed by atoms with Crippen molar-refractivity contribution in [1.82, 2.24) is 23.4 Å². The minimum Gasteiger partial charge on any atom is -0.443 e. The highest BCUT2D eigenvalue weighted by atomic mass is 32.2. The van der Waals surface area contributed by atoms with E-state index in [0.717, 1.165) is 121 Å². The lowest BCUT2D eigenvalue weighted by Crippen LogP contribution is -2.52. The zero-order valence-corrected chi connectivity index (χ0v) is 41.4. The van der Waals surface area contributed by atoms with Crippen molar-refractivity contribution < 1.29 is 32.2 Å². The number of benzene rings is 4. The van der Waals surface area contributed by atoms with Crippen LogP contribution in [-0.2, 0) is 41.6 Å². The molecule has 3 aromatic heterocycles. The van der Waals surface area contributed by atoms with Crippen molar-refractivity contribution in [3.8, 4) is 11.1 Å². The fraction of sp³-hybridized carbons (Fsp3) is 0.418. The Morgan fingerprint density at radius 3 is 2.37 bits per heavy atom. The van der Waals surface area contributed by atoms with Gasteiger partial charge in [0.1, 0.15) is 11.1 Å². The molecule has 2 unspecified atom stereocenters. The number of aryl methyl sites for hydroxylation is 2. The molecular formula is C55H61N7O8S. The topological polar surface area (TPSA) is 173 Å². The lowest BCUT2D eigenvalue weighted by Gasteiger charge is -2.44. The van der Waals surface area contributed by atoms with Crippen molar-refractivity contribution in [3.05, 3.63) is 131 Å². The van der Waals surface area contributed by atoms with Gasteiger partial charge in [-0.1, -0.05) is 66.2 Å². The van der Waals surface area contributed by atoms with Crippen molar-refractivity contribution in [1.29, 1.82) is 0 Å². The zero-order valence-electron chi connectivity index (χ0n) is 40.6. The number of hydrogen-bond donors (Lipinski definition) is 1. The van der Waals surface area contributed by atoms with Gasteiger partial charge in [-0.3, -0.25) is 9.69 Å². The van der Waals surface area contributed by atoms with Crippen LogP contribution in [0.4, 0.5) is 10.7 Å². The van der Waals surface area contributed by atoms with Gasteiger partial charge in [-0.15, -0.1) is 0 Å². The highest BCUT2D eigenvalue weighted by molar-refractivity contribution is 7.90. The van der Waals surface area contributed by atoms with Crippen LogP contribution in [-0.4, -0.2) is 101 Å². The van der Waals surface area contributed by atoms with E-state index in [0.29, 0.717) is 40.8 Å². The minimum absolute atomic E-state index is 0.0458. The molecule has 4 aliphatic rings. The van der Waals surface area contributed by atoms with Crippen LogP contribution in [0.1, 0.15) is 81.5 Å². The average molecular weight is 980 g/mol. The molecule has 1 amide bonds. The Morgan fingerprint density at radius 1 is 0.873 bits per heavy atom. The van der Waals surface area contributed by atoms with E-state index in [1.54, 1.807) is 43.6 Å². The van der Waals surface area contributed by atoms with Crippen molar-refractivity contribution in [2.24, 2.45) is 12.8 Å². The summed E-state index contributed by atoms with van der Waals surface area (Å²) >= 11 is 0. The molecule has 11 rings (SSSR count). The molecule has 1 saturated carbocycles. The molecule has 16 heteroatoms. The fourth-order valence-electron chi connectivity index (χ4n) is 11.0. The third-order valence-corrected chi connectivity index (χ3v) is 16.8. The number of carbonyl (C=O) groups is 1. The Balaban J connectivity index is 1.06. The summed E-state index contributed by atoms with van der Waals surface area (Å²) in [5, 5.41) is 3.31. The summed E-state index contributed by atoms with van der Waals surface area (Å²) in [5.74, 6) is 0.598. The summed E-state index contributed by atoms with van der Waals surface area (Å²) in [5.41, 5.74) is 7.87. The molecule has 2 N–H and O–H groups in total. The molecule has 3 saturated heterocycles. The van der Waals surface area contributed by atoms with Crippen LogP contribution in [0.25, 0.3) is 43.7 Å². The predicted molar refractivity (Wildman–Crippen MR) is 273 cm³/mol. The molecular weight excluding hydrogens is 919 g/mol. The molecule has 370 valence electrons. The second-order valence-corrected chi connectivity index (χ2v) is 22.0. The molecule has 71 heavy (non-hydrogen) atoms. The molecule has 3 aliphatic heterocycles. The highest BCUT2D eigenvalue weighted by Crippen LogP contribution is 2.46. The SMILES string of the molecule is Cc1ccc(S(=O)(=O)n2ccc3c(-c4ccc5nc(N6CCC(N7CCC(C)(OC(N)=O)CC7)CC6)nc(C(COC6CCCCO6)(OC6CC6)c6cccc7ccccc67)c5c4)cn(C)c(=O)c32)cc1. The molecule has 0 radical (unpaired) electrons. The van der Waals surface area contributed by atoms with E-state index >= 15 is 0 Å². The van der Waals surface area contributed by atoms with Crippen LogP contribution >= 0.6 is 0 Å². The van der Waals surface area contributed by atoms with E-state index < -0.39 is 39.2 Å². The number of primary amides is 1. The number of anilines is 1. The first-order chi connectivity index (χ1) is 34.3. The largest absolute Gasteiger partial charge is 0.443 e. The smallest absolute Gasteiger partial charge is 0.405 e. The van der Waals surface area contributed by atoms with E-state index in [1.807, 2.05) is 38.1 Å². The highest BCUT2D eigenvalue weighted by Gasteiger charge is 2.46. The summed E-state index contributed by atoms with van der Waals surface area (Å²) in [4.78, 5) is 41.6. The van der Waals surface area contributed by atoms with Crippen LogP contribution < -0.4 is 16.2 Å². The second-order valence-electron chi connectivity index (χ2n) is 20.2. The minimum atomic E-state index is -4.13.